The number of primary amides is 1. The third kappa shape index (κ3) is 3.03. The Labute approximate surface area is 127 Å². The highest BCUT2D eigenvalue weighted by atomic mass is 35.5. The molecule has 3 N–H and O–H groups in total. The molecule has 2 rings (SSSR count). The number of nitrogens with one attached hydrogen (secondary N) is 1. The van der Waals surface area contributed by atoms with Gasteiger partial charge in [0.1, 0.15) is 5.54 Å². The molecule has 1 aromatic heterocycles. The maximum atomic E-state index is 12.3. The Hall–Kier alpha value is -2.40. The molecular weight excluding hydrogens is 290 g/mol. The van der Waals surface area contributed by atoms with Crippen LogP contribution in [0.25, 0.3) is 0 Å². The first-order valence-electron chi connectivity index (χ1n) is 6.22. The smallest absolute Gasteiger partial charge is 0.254 e. The summed E-state index contributed by atoms with van der Waals surface area (Å²) in [4.78, 5) is 28.0. The molecule has 0 fully saturated rings. The van der Waals surface area contributed by atoms with Crippen molar-refractivity contribution in [3.63, 3.8) is 0 Å². The van der Waals surface area contributed by atoms with E-state index in [9.17, 15) is 9.59 Å². The minimum absolute atomic E-state index is 0.204. The van der Waals surface area contributed by atoms with Gasteiger partial charge in [-0.25, -0.2) is 0 Å². The third-order valence-corrected chi connectivity index (χ3v) is 3.53. The Balaban J connectivity index is 2.36. The molecule has 0 saturated carbocycles. The van der Waals surface area contributed by atoms with E-state index in [1.54, 1.807) is 31.2 Å². The second-order valence-corrected chi connectivity index (χ2v) is 5.07. The number of hydrogen-bond acceptors (Lipinski definition) is 3. The highest BCUT2D eigenvalue weighted by Gasteiger charge is 2.35. The zero-order valence-corrected chi connectivity index (χ0v) is 12.1. The summed E-state index contributed by atoms with van der Waals surface area (Å²) in [7, 11) is 0. The average Bonchev–Trinajstić information content (AvgIpc) is 2.48. The minimum Gasteiger partial charge on any atom is -0.367 e. The standard InChI is InChI=1S/C15H14ClN3O2/c1-15(14(17)21,10-5-3-2-4-6-10)19-13(20)11-7-8-18-9-12(11)16/h2-9H,1H3,(H2,17,21)(H,19,20). The van der Waals surface area contributed by atoms with Gasteiger partial charge in [-0.05, 0) is 18.6 Å². The van der Waals surface area contributed by atoms with Gasteiger partial charge in [-0.2, -0.15) is 0 Å². The van der Waals surface area contributed by atoms with Gasteiger partial charge < -0.3 is 11.1 Å². The molecule has 0 spiro atoms. The van der Waals surface area contributed by atoms with Crippen molar-refractivity contribution in [3.05, 3.63) is 64.9 Å². The lowest BCUT2D eigenvalue weighted by Gasteiger charge is -2.28. The van der Waals surface area contributed by atoms with Gasteiger partial charge in [0.25, 0.3) is 5.91 Å². The van der Waals surface area contributed by atoms with Gasteiger partial charge >= 0.3 is 0 Å². The average molecular weight is 304 g/mol. The summed E-state index contributed by atoms with van der Waals surface area (Å²) in [6.45, 7) is 1.55. The molecule has 2 aromatic rings. The quantitative estimate of drug-likeness (QED) is 0.904. The van der Waals surface area contributed by atoms with Crippen LogP contribution in [-0.4, -0.2) is 16.8 Å². The molecule has 1 atom stereocenters. The van der Waals surface area contributed by atoms with E-state index in [4.69, 9.17) is 17.3 Å². The lowest BCUT2D eigenvalue weighted by molar-refractivity contribution is -0.123. The molecule has 0 saturated heterocycles. The van der Waals surface area contributed by atoms with Crippen LogP contribution in [0.15, 0.2) is 48.8 Å². The molecule has 5 nitrogen and oxygen atoms in total. The van der Waals surface area contributed by atoms with Gasteiger partial charge in [0.05, 0.1) is 10.6 Å². The summed E-state index contributed by atoms with van der Waals surface area (Å²) in [5.74, 6) is -1.15. The third-order valence-electron chi connectivity index (χ3n) is 3.22. The van der Waals surface area contributed by atoms with Gasteiger partial charge in [-0.1, -0.05) is 41.9 Å². The molecule has 2 amide bonds. The lowest BCUT2D eigenvalue weighted by atomic mass is 9.91. The molecule has 0 radical (unpaired) electrons. The van der Waals surface area contributed by atoms with E-state index < -0.39 is 17.4 Å². The molecule has 6 heteroatoms. The number of hydrogen-bond donors (Lipinski definition) is 2. The van der Waals surface area contributed by atoms with Crippen LogP contribution in [0.2, 0.25) is 5.02 Å². The van der Waals surface area contributed by atoms with E-state index >= 15 is 0 Å². The van der Waals surface area contributed by atoms with E-state index in [2.05, 4.69) is 10.3 Å². The van der Waals surface area contributed by atoms with Crippen molar-refractivity contribution >= 4 is 23.4 Å². The van der Waals surface area contributed by atoms with E-state index in [0.29, 0.717) is 5.56 Å². The number of carbonyl (C=O) groups is 2. The second-order valence-electron chi connectivity index (χ2n) is 4.66. The molecule has 1 aromatic carbocycles. The molecule has 21 heavy (non-hydrogen) atoms. The van der Waals surface area contributed by atoms with Crippen LogP contribution in [0.5, 0.6) is 0 Å². The summed E-state index contributed by atoms with van der Waals surface area (Å²) in [5.41, 5.74) is 4.97. The number of benzene rings is 1. The van der Waals surface area contributed by atoms with Crippen LogP contribution < -0.4 is 11.1 Å². The fourth-order valence-corrected chi connectivity index (χ4v) is 2.11. The van der Waals surface area contributed by atoms with E-state index in [0.717, 1.165) is 0 Å². The molecule has 108 valence electrons. The maximum Gasteiger partial charge on any atom is 0.254 e. The Morgan fingerprint density at radius 1 is 1.24 bits per heavy atom. The van der Waals surface area contributed by atoms with E-state index in [1.807, 2.05) is 6.07 Å². The highest BCUT2D eigenvalue weighted by Crippen LogP contribution is 2.22. The van der Waals surface area contributed by atoms with Crippen molar-refractivity contribution in [2.24, 2.45) is 5.73 Å². The molecule has 0 aliphatic rings. The van der Waals surface area contributed by atoms with Gasteiger partial charge in [-0.3, -0.25) is 14.6 Å². The van der Waals surface area contributed by atoms with Crippen molar-refractivity contribution in [3.8, 4) is 0 Å². The number of rotatable bonds is 4. The second kappa shape index (κ2) is 5.93. The molecule has 0 aliphatic carbocycles. The maximum absolute atomic E-state index is 12.3. The SMILES string of the molecule is CC(NC(=O)c1ccncc1Cl)(C(N)=O)c1ccccc1. The van der Waals surface area contributed by atoms with Gasteiger partial charge in [0, 0.05) is 12.4 Å². The Morgan fingerprint density at radius 3 is 2.48 bits per heavy atom. The van der Waals surface area contributed by atoms with Crippen molar-refractivity contribution in [1.29, 1.82) is 0 Å². The summed E-state index contributed by atoms with van der Waals surface area (Å²) in [6, 6.07) is 10.3. The summed E-state index contributed by atoms with van der Waals surface area (Å²) in [5, 5.41) is 2.84. The summed E-state index contributed by atoms with van der Waals surface area (Å²) < 4.78 is 0. The first kappa shape index (κ1) is 15.0. The van der Waals surface area contributed by atoms with Gasteiger partial charge in [-0.15, -0.1) is 0 Å². The van der Waals surface area contributed by atoms with Crippen molar-refractivity contribution in [2.75, 3.05) is 0 Å². The van der Waals surface area contributed by atoms with Crippen LogP contribution in [0, 0.1) is 0 Å². The first-order valence-corrected chi connectivity index (χ1v) is 6.60. The topological polar surface area (TPSA) is 85.1 Å². The monoisotopic (exact) mass is 303 g/mol. The normalized spacial score (nSPS) is 13.2. The van der Waals surface area contributed by atoms with Gasteiger partial charge in [0.2, 0.25) is 5.91 Å². The Kier molecular flexibility index (Phi) is 4.23. The Morgan fingerprint density at radius 2 is 1.90 bits per heavy atom. The fraction of sp³-hybridized carbons (Fsp3) is 0.133. The van der Waals surface area contributed by atoms with Gasteiger partial charge in [0.15, 0.2) is 0 Å². The number of amides is 2. The summed E-state index contributed by atoms with van der Waals surface area (Å²) in [6.07, 6.45) is 2.81. The lowest BCUT2D eigenvalue weighted by Crippen LogP contribution is -2.52. The predicted molar refractivity (Wildman–Crippen MR) is 79.7 cm³/mol. The fourth-order valence-electron chi connectivity index (χ4n) is 1.90. The van der Waals surface area contributed by atoms with Crippen LogP contribution in [-0.2, 0) is 10.3 Å². The number of aromatic nitrogens is 1. The zero-order valence-electron chi connectivity index (χ0n) is 11.3. The summed E-state index contributed by atoms with van der Waals surface area (Å²) >= 11 is 5.93. The molecule has 0 aliphatic heterocycles. The number of nitrogens with two attached hydrogens (primary N) is 1. The van der Waals surface area contributed by atoms with Crippen molar-refractivity contribution in [1.82, 2.24) is 10.3 Å². The van der Waals surface area contributed by atoms with Crippen molar-refractivity contribution < 1.29 is 9.59 Å². The van der Waals surface area contributed by atoms with Crippen LogP contribution in [0.1, 0.15) is 22.8 Å². The van der Waals surface area contributed by atoms with Crippen LogP contribution in [0.3, 0.4) is 0 Å². The molecule has 1 heterocycles. The Bertz CT molecular complexity index is 676. The van der Waals surface area contributed by atoms with E-state index in [1.165, 1.54) is 18.5 Å². The number of carbonyl (C=O) groups excluding carboxylic acids is 2. The first-order chi connectivity index (χ1) is 9.95. The van der Waals surface area contributed by atoms with Crippen molar-refractivity contribution in [2.45, 2.75) is 12.5 Å². The molecule has 0 bridgehead atoms. The highest BCUT2D eigenvalue weighted by molar-refractivity contribution is 6.33. The molecule has 1 unspecified atom stereocenters. The molecular formula is C15H14ClN3O2. The van der Waals surface area contributed by atoms with E-state index in [-0.39, 0.29) is 10.6 Å². The number of halogens is 1. The number of pyridine rings is 1. The number of nitrogens with zero attached hydrogens (tertiary/aromatic N) is 1. The zero-order chi connectivity index (χ0) is 15.5. The largest absolute Gasteiger partial charge is 0.367 e. The predicted octanol–water partition coefficient (Wildman–Crippen LogP) is 1.87. The van der Waals surface area contributed by atoms with Crippen LogP contribution in [0.4, 0.5) is 0 Å². The minimum atomic E-state index is -1.33. The van der Waals surface area contributed by atoms with Crippen LogP contribution >= 0.6 is 11.6 Å².